The summed E-state index contributed by atoms with van der Waals surface area (Å²) >= 11 is 6.61. The number of carboxylic acid groups (broad SMARTS) is 1. The van der Waals surface area contributed by atoms with Crippen molar-refractivity contribution in [2.24, 2.45) is 0 Å². The van der Waals surface area contributed by atoms with Gasteiger partial charge in [-0.1, -0.05) is 66.8 Å². The lowest BCUT2D eigenvalue weighted by Crippen LogP contribution is -2.29. The summed E-state index contributed by atoms with van der Waals surface area (Å²) in [5.74, 6) is -1.11. The summed E-state index contributed by atoms with van der Waals surface area (Å²) in [6, 6.07) is 9.92. The van der Waals surface area contributed by atoms with E-state index in [1.165, 1.54) is 11.8 Å². The molecule has 132 valence electrons. The molecule has 1 aliphatic heterocycles. The van der Waals surface area contributed by atoms with Crippen molar-refractivity contribution in [1.29, 1.82) is 0 Å². The van der Waals surface area contributed by atoms with Gasteiger partial charge in [-0.3, -0.25) is 9.69 Å². The van der Waals surface area contributed by atoms with E-state index in [0.717, 1.165) is 24.0 Å². The van der Waals surface area contributed by atoms with Crippen LogP contribution in [0.15, 0.2) is 46.9 Å². The maximum Gasteiger partial charge on any atom is 0.266 e. The Labute approximate surface area is 157 Å². The van der Waals surface area contributed by atoms with Gasteiger partial charge in [0, 0.05) is 12.5 Å². The molecule has 1 amide bonds. The molecule has 0 spiro atoms. The molecule has 0 saturated carbocycles. The molecule has 1 aromatic carbocycles. The van der Waals surface area contributed by atoms with Crippen LogP contribution < -0.4 is 5.11 Å². The smallest absolute Gasteiger partial charge is 0.266 e. The van der Waals surface area contributed by atoms with Crippen LogP contribution in [-0.2, 0) is 9.59 Å². The fourth-order valence-corrected chi connectivity index (χ4v) is 3.83. The Hall–Kier alpha value is -1.92. The molecule has 0 unspecified atom stereocenters. The molecule has 0 atom stereocenters. The number of thiocarbonyl (C=S) groups is 1. The van der Waals surface area contributed by atoms with Gasteiger partial charge in [-0.2, -0.15) is 0 Å². The van der Waals surface area contributed by atoms with Gasteiger partial charge in [-0.05, 0) is 43.4 Å². The van der Waals surface area contributed by atoms with Gasteiger partial charge in [0.1, 0.15) is 4.32 Å². The number of amides is 1. The lowest BCUT2D eigenvalue weighted by atomic mass is 10.1. The third kappa shape index (κ3) is 6.14. The highest BCUT2D eigenvalue weighted by Gasteiger charge is 2.31. The van der Waals surface area contributed by atoms with Crippen LogP contribution in [0.5, 0.6) is 0 Å². The number of carbonyl (C=O) groups excluding carboxylic acids is 2. The zero-order valence-corrected chi connectivity index (χ0v) is 15.7. The minimum Gasteiger partial charge on any atom is -0.550 e. The summed E-state index contributed by atoms with van der Waals surface area (Å²) in [5.41, 5.74) is 2.07. The first-order valence-corrected chi connectivity index (χ1v) is 9.38. The number of aliphatic carboxylic acids is 1. The SMILES string of the molecule is CC(=Cc1ccccc1)C=C1SC(=S)N(CCCCCC(=O)[O-])C1=O. The normalized spacial score (nSPS) is 16.8. The third-order valence-corrected chi connectivity index (χ3v) is 5.07. The van der Waals surface area contributed by atoms with Gasteiger partial charge in [0.25, 0.3) is 5.91 Å². The van der Waals surface area contributed by atoms with E-state index in [1.807, 2.05) is 49.4 Å². The van der Waals surface area contributed by atoms with Gasteiger partial charge in [0.15, 0.2) is 0 Å². The van der Waals surface area contributed by atoms with Crippen molar-refractivity contribution in [3.05, 3.63) is 52.4 Å². The van der Waals surface area contributed by atoms with Gasteiger partial charge in [-0.25, -0.2) is 0 Å². The predicted molar refractivity (Wildman–Crippen MR) is 104 cm³/mol. The van der Waals surface area contributed by atoms with E-state index in [2.05, 4.69) is 0 Å². The Morgan fingerprint density at radius 2 is 1.96 bits per heavy atom. The minimum atomic E-state index is -1.03. The van der Waals surface area contributed by atoms with Crippen LogP contribution in [0, 0.1) is 0 Å². The fourth-order valence-electron chi connectivity index (χ4n) is 2.47. The second-order valence-corrected chi connectivity index (χ2v) is 7.49. The summed E-state index contributed by atoms with van der Waals surface area (Å²) in [6.07, 6.45) is 5.96. The van der Waals surface area contributed by atoms with Gasteiger partial charge in [0.2, 0.25) is 0 Å². The molecule has 0 aromatic heterocycles. The minimum absolute atomic E-state index is 0.0573. The van der Waals surface area contributed by atoms with Gasteiger partial charge in [-0.15, -0.1) is 0 Å². The zero-order valence-electron chi connectivity index (χ0n) is 14.1. The summed E-state index contributed by atoms with van der Waals surface area (Å²) < 4.78 is 0.559. The molecular formula is C19H20NO3S2-. The fraction of sp³-hybridized carbons (Fsp3) is 0.316. The molecular weight excluding hydrogens is 354 g/mol. The second kappa shape index (κ2) is 9.53. The summed E-state index contributed by atoms with van der Waals surface area (Å²) in [7, 11) is 0. The van der Waals surface area contributed by atoms with Crippen molar-refractivity contribution >= 4 is 46.3 Å². The van der Waals surface area contributed by atoms with Gasteiger partial charge in [0.05, 0.1) is 4.91 Å². The lowest BCUT2D eigenvalue weighted by molar-refractivity contribution is -0.305. The number of nitrogens with zero attached hydrogens (tertiary/aromatic N) is 1. The summed E-state index contributed by atoms with van der Waals surface area (Å²) in [4.78, 5) is 25.1. The lowest BCUT2D eigenvalue weighted by Gasteiger charge is -2.14. The first-order chi connectivity index (χ1) is 12.0. The average molecular weight is 375 g/mol. The van der Waals surface area contributed by atoms with Gasteiger partial charge < -0.3 is 9.90 Å². The largest absolute Gasteiger partial charge is 0.550 e. The van der Waals surface area contributed by atoms with Crippen molar-refractivity contribution in [3.8, 4) is 0 Å². The van der Waals surface area contributed by atoms with Crippen molar-refractivity contribution in [3.63, 3.8) is 0 Å². The maximum absolute atomic E-state index is 12.5. The first kappa shape index (κ1) is 19.4. The van der Waals surface area contributed by atoms with Crippen LogP contribution in [0.1, 0.15) is 38.2 Å². The number of carboxylic acids is 1. The molecule has 25 heavy (non-hydrogen) atoms. The predicted octanol–water partition coefficient (Wildman–Crippen LogP) is 3.14. The van der Waals surface area contributed by atoms with E-state index in [0.29, 0.717) is 22.2 Å². The number of rotatable bonds is 8. The van der Waals surface area contributed by atoms with Gasteiger partial charge >= 0.3 is 0 Å². The van der Waals surface area contributed by atoms with E-state index in [-0.39, 0.29) is 12.3 Å². The number of allylic oxidation sites excluding steroid dienone is 2. The average Bonchev–Trinajstić information content (AvgIpc) is 2.82. The molecule has 1 aliphatic rings. The van der Waals surface area contributed by atoms with Crippen LogP contribution in [0.4, 0.5) is 0 Å². The Kier molecular flexibility index (Phi) is 7.40. The second-order valence-electron chi connectivity index (χ2n) is 5.82. The van der Waals surface area contributed by atoms with Crippen molar-refractivity contribution in [1.82, 2.24) is 4.90 Å². The van der Waals surface area contributed by atoms with Crippen molar-refractivity contribution in [2.75, 3.05) is 6.54 Å². The number of carbonyl (C=O) groups is 2. The van der Waals surface area contributed by atoms with E-state index < -0.39 is 5.97 Å². The van der Waals surface area contributed by atoms with Crippen LogP contribution in [0.25, 0.3) is 6.08 Å². The van der Waals surface area contributed by atoms with Crippen LogP contribution in [0.2, 0.25) is 0 Å². The molecule has 1 aromatic rings. The standard InChI is InChI=1S/C19H21NO3S2/c1-14(12-15-8-4-2-5-9-15)13-16-18(23)20(19(24)25-16)11-7-3-6-10-17(21)22/h2,4-5,8-9,12-13H,3,6-7,10-11H2,1H3,(H,21,22)/p-1. The molecule has 0 bridgehead atoms. The molecule has 0 N–H and O–H groups in total. The maximum atomic E-state index is 12.5. The molecule has 1 heterocycles. The van der Waals surface area contributed by atoms with Crippen LogP contribution in [-0.4, -0.2) is 27.6 Å². The number of benzene rings is 1. The summed E-state index contributed by atoms with van der Waals surface area (Å²) in [6.45, 7) is 2.48. The number of hydrogen-bond acceptors (Lipinski definition) is 5. The number of unbranched alkanes of at least 4 members (excludes halogenated alkanes) is 2. The van der Waals surface area contributed by atoms with E-state index in [4.69, 9.17) is 12.2 Å². The Morgan fingerprint density at radius 1 is 1.24 bits per heavy atom. The van der Waals surface area contributed by atoms with Crippen molar-refractivity contribution < 1.29 is 14.7 Å². The number of thioether (sulfide) groups is 1. The molecule has 0 radical (unpaired) electrons. The third-order valence-electron chi connectivity index (χ3n) is 3.69. The highest BCUT2D eigenvalue weighted by atomic mass is 32.2. The van der Waals surface area contributed by atoms with Crippen molar-refractivity contribution in [2.45, 2.75) is 32.6 Å². The highest BCUT2D eigenvalue weighted by Crippen LogP contribution is 2.32. The first-order valence-electron chi connectivity index (χ1n) is 8.16. The van der Waals surface area contributed by atoms with E-state index in [9.17, 15) is 14.7 Å². The monoisotopic (exact) mass is 374 g/mol. The molecule has 2 rings (SSSR count). The van der Waals surface area contributed by atoms with E-state index >= 15 is 0 Å². The molecule has 0 aliphatic carbocycles. The topological polar surface area (TPSA) is 60.4 Å². The Balaban J connectivity index is 1.93. The van der Waals surface area contributed by atoms with E-state index in [1.54, 1.807) is 4.90 Å². The molecule has 1 fully saturated rings. The Bertz CT molecular complexity index is 711. The van der Waals surface area contributed by atoms with Crippen LogP contribution in [0.3, 0.4) is 0 Å². The Morgan fingerprint density at radius 3 is 2.64 bits per heavy atom. The highest BCUT2D eigenvalue weighted by molar-refractivity contribution is 8.26. The molecule has 6 heteroatoms. The zero-order chi connectivity index (χ0) is 18.2. The molecule has 4 nitrogen and oxygen atoms in total. The molecule has 1 saturated heterocycles. The summed E-state index contributed by atoms with van der Waals surface area (Å²) in [5, 5.41) is 10.4. The quantitative estimate of drug-likeness (QED) is 0.397. The number of hydrogen-bond donors (Lipinski definition) is 0. The van der Waals surface area contributed by atoms with Crippen LogP contribution >= 0.6 is 24.0 Å².